The van der Waals surface area contributed by atoms with Crippen LogP contribution in [-0.4, -0.2) is 16.0 Å². The quantitative estimate of drug-likeness (QED) is 0.700. The fraction of sp³-hybridized carbons (Fsp3) is 0.0588. The van der Waals surface area contributed by atoms with Gasteiger partial charge in [0.1, 0.15) is 0 Å². The summed E-state index contributed by atoms with van der Waals surface area (Å²) in [5.41, 5.74) is 1.52. The number of halogens is 2. The molecule has 2 amide bonds. The van der Waals surface area contributed by atoms with Gasteiger partial charge in [0, 0.05) is 0 Å². The van der Waals surface area contributed by atoms with Gasteiger partial charge in [-0.2, -0.15) is 0 Å². The molecule has 23 heavy (non-hydrogen) atoms. The van der Waals surface area contributed by atoms with Gasteiger partial charge >= 0.3 is 0 Å². The molecular formula is C17H11Cl2NO2S. The van der Waals surface area contributed by atoms with Gasteiger partial charge in [-0.1, -0.05) is 65.7 Å². The van der Waals surface area contributed by atoms with Crippen LogP contribution in [0, 0.1) is 0 Å². The maximum atomic E-state index is 12.5. The van der Waals surface area contributed by atoms with Crippen molar-refractivity contribution in [3.8, 4) is 0 Å². The van der Waals surface area contributed by atoms with Crippen molar-refractivity contribution in [3.05, 3.63) is 74.6 Å². The van der Waals surface area contributed by atoms with E-state index in [0.717, 1.165) is 17.3 Å². The Morgan fingerprint density at radius 1 is 1.00 bits per heavy atom. The second-order valence-corrected chi connectivity index (χ2v) is 6.67. The van der Waals surface area contributed by atoms with E-state index in [1.807, 2.05) is 30.3 Å². The van der Waals surface area contributed by atoms with E-state index in [0.29, 0.717) is 20.5 Å². The van der Waals surface area contributed by atoms with Crippen molar-refractivity contribution in [1.82, 2.24) is 4.90 Å². The van der Waals surface area contributed by atoms with Crippen LogP contribution in [-0.2, 0) is 11.3 Å². The molecule has 6 heteroatoms. The van der Waals surface area contributed by atoms with Gasteiger partial charge in [-0.3, -0.25) is 14.5 Å². The van der Waals surface area contributed by atoms with E-state index >= 15 is 0 Å². The number of carbonyl (C=O) groups is 2. The summed E-state index contributed by atoms with van der Waals surface area (Å²) in [7, 11) is 0. The minimum Gasteiger partial charge on any atom is -0.268 e. The molecule has 0 N–H and O–H groups in total. The van der Waals surface area contributed by atoms with Gasteiger partial charge in [-0.15, -0.1) is 0 Å². The molecule has 0 atom stereocenters. The molecule has 1 heterocycles. The highest BCUT2D eigenvalue weighted by Gasteiger charge is 2.35. The van der Waals surface area contributed by atoms with Crippen LogP contribution in [0.5, 0.6) is 0 Å². The zero-order valence-electron chi connectivity index (χ0n) is 11.8. The van der Waals surface area contributed by atoms with Crippen LogP contribution in [0.25, 0.3) is 6.08 Å². The first kappa shape index (κ1) is 16.1. The number of hydrogen-bond acceptors (Lipinski definition) is 3. The topological polar surface area (TPSA) is 37.4 Å². The van der Waals surface area contributed by atoms with Crippen molar-refractivity contribution in [2.24, 2.45) is 0 Å². The summed E-state index contributed by atoms with van der Waals surface area (Å²) in [6, 6.07) is 14.5. The van der Waals surface area contributed by atoms with Gasteiger partial charge in [-0.05, 0) is 35.0 Å². The fourth-order valence-corrected chi connectivity index (χ4v) is 3.37. The second-order valence-electron chi connectivity index (χ2n) is 4.90. The van der Waals surface area contributed by atoms with Crippen LogP contribution in [0.2, 0.25) is 10.0 Å². The molecule has 116 valence electrons. The summed E-state index contributed by atoms with van der Waals surface area (Å²) in [5, 5.41) is 0.483. The largest absolute Gasteiger partial charge is 0.293 e. The van der Waals surface area contributed by atoms with Crippen LogP contribution in [0.3, 0.4) is 0 Å². The van der Waals surface area contributed by atoms with Crippen molar-refractivity contribution in [2.45, 2.75) is 6.54 Å². The monoisotopic (exact) mass is 363 g/mol. The molecule has 0 spiro atoms. The summed E-state index contributed by atoms with van der Waals surface area (Å²) in [6.07, 6.45) is 1.60. The Kier molecular flexibility index (Phi) is 4.76. The molecule has 2 aromatic carbocycles. The molecular weight excluding hydrogens is 353 g/mol. The standard InChI is InChI=1S/C17H11Cl2NO2S/c18-13-8-4-7-12(15(13)19)9-14-16(21)20(17(22)23-14)10-11-5-2-1-3-6-11/h1-9H,10H2/b14-9+. The van der Waals surface area contributed by atoms with Crippen LogP contribution < -0.4 is 0 Å². The first-order valence-electron chi connectivity index (χ1n) is 6.79. The molecule has 1 aliphatic heterocycles. The summed E-state index contributed by atoms with van der Waals surface area (Å²) in [4.78, 5) is 26.1. The van der Waals surface area contributed by atoms with Crippen LogP contribution in [0.1, 0.15) is 11.1 Å². The summed E-state index contributed by atoms with van der Waals surface area (Å²) in [5.74, 6) is -0.320. The third kappa shape index (κ3) is 3.44. The minimum absolute atomic E-state index is 0.256. The molecule has 1 saturated heterocycles. The van der Waals surface area contributed by atoms with Gasteiger partial charge in [-0.25, -0.2) is 0 Å². The molecule has 0 radical (unpaired) electrons. The lowest BCUT2D eigenvalue weighted by Gasteiger charge is -2.12. The van der Waals surface area contributed by atoms with E-state index in [9.17, 15) is 9.59 Å². The maximum absolute atomic E-state index is 12.5. The van der Waals surface area contributed by atoms with E-state index in [1.54, 1.807) is 24.3 Å². The molecule has 3 nitrogen and oxygen atoms in total. The van der Waals surface area contributed by atoms with Crippen LogP contribution in [0.15, 0.2) is 53.4 Å². The third-order valence-corrected chi connectivity index (χ3v) is 5.07. The number of hydrogen-bond donors (Lipinski definition) is 0. The summed E-state index contributed by atoms with van der Waals surface area (Å²) in [6.45, 7) is 0.256. The van der Waals surface area contributed by atoms with Gasteiger partial charge in [0.15, 0.2) is 0 Å². The van der Waals surface area contributed by atoms with Gasteiger partial charge in [0.25, 0.3) is 11.1 Å². The Labute approximate surface area is 147 Å². The molecule has 0 unspecified atom stereocenters. The van der Waals surface area contributed by atoms with Crippen molar-refractivity contribution in [3.63, 3.8) is 0 Å². The molecule has 2 aromatic rings. The number of imide groups is 1. The average molecular weight is 364 g/mol. The van der Waals surface area contributed by atoms with E-state index in [4.69, 9.17) is 23.2 Å². The Morgan fingerprint density at radius 2 is 1.74 bits per heavy atom. The first-order chi connectivity index (χ1) is 11.1. The number of carbonyl (C=O) groups excluding carboxylic acids is 2. The number of nitrogens with zero attached hydrogens (tertiary/aromatic N) is 1. The molecule has 0 aliphatic carbocycles. The van der Waals surface area contributed by atoms with Crippen molar-refractivity contribution in [2.75, 3.05) is 0 Å². The molecule has 3 rings (SSSR count). The molecule has 1 aliphatic rings. The Balaban J connectivity index is 1.86. The smallest absolute Gasteiger partial charge is 0.268 e. The maximum Gasteiger partial charge on any atom is 0.293 e. The first-order valence-corrected chi connectivity index (χ1v) is 8.37. The number of amides is 2. The van der Waals surface area contributed by atoms with E-state index in [1.165, 1.54) is 4.90 Å². The Hall–Kier alpha value is -1.75. The van der Waals surface area contributed by atoms with Gasteiger partial charge in [0.05, 0.1) is 21.5 Å². The average Bonchev–Trinajstić information content (AvgIpc) is 2.80. The van der Waals surface area contributed by atoms with Crippen LogP contribution in [0.4, 0.5) is 4.79 Å². The van der Waals surface area contributed by atoms with E-state index in [-0.39, 0.29) is 17.7 Å². The van der Waals surface area contributed by atoms with Crippen LogP contribution >= 0.6 is 35.0 Å². The predicted octanol–water partition coefficient (Wildman–Crippen LogP) is 5.23. The normalized spacial score (nSPS) is 16.4. The van der Waals surface area contributed by atoms with Crippen molar-refractivity contribution < 1.29 is 9.59 Å². The Bertz CT molecular complexity index is 805. The second kappa shape index (κ2) is 6.79. The SMILES string of the molecule is O=C1S/C(=C/c2cccc(Cl)c2Cl)C(=O)N1Cc1ccccc1. The predicted molar refractivity (Wildman–Crippen MR) is 94.4 cm³/mol. The van der Waals surface area contributed by atoms with Crippen molar-refractivity contribution >= 4 is 52.2 Å². The van der Waals surface area contributed by atoms with Crippen molar-refractivity contribution in [1.29, 1.82) is 0 Å². The highest BCUT2D eigenvalue weighted by Crippen LogP contribution is 2.35. The zero-order valence-corrected chi connectivity index (χ0v) is 14.2. The van der Waals surface area contributed by atoms with Gasteiger partial charge in [0.2, 0.25) is 0 Å². The summed E-state index contributed by atoms with van der Waals surface area (Å²) >= 11 is 13.0. The fourth-order valence-electron chi connectivity index (χ4n) is 2.18. The summed E-state index contributed by atoms with van der Waals surface area (Å²) < 4.78 is 0. The lowest BCUT2D eigenvalue weighted by Crippen LogP contribution is -2.27. The lowest BCUT2D eigenvalue weighted by atomic mass is 10.2. The molecule has 1 fully saturated rings. The lowest BCUT2D eigenvalue weighted by molar-refractivity contribution is -0.123. The number of benzene rings is 2. The molecule has 0 aromatic heterocycles. The van der Waals surface area contributed by atoms with E-state index < -0.39 is 0 Å². The van der Waals surface area contributed by atoms with E-state index in [2.05, 4.69) is 0 Å². The molecule has 0 bridgehead atoms. The third-order valence-electron chi connectivity index (χ3n) is 3.33. The number of thioether (sulfide) groups is 1. The highest BCUT2D eigenvalue weighted by molar-refractivity contribution is 8.18. The zero-order chi connectivity index (χ0) is 16.4. The molecule has 0 saturated carbocycles. The van der Waals surface area contributed by atoms with Gasteiger partial charge < -0.3 is 0 Å². The minimum atomic E-state index is -0.320. The highest BCUT2D eigenvalue weighted by atomic mass is 35.5. The number of rotatable bonds is 3. The Morgan fingerprint density at radius 3 is 2.48 bits per heavy atom.